The zero-order valence-corrected chi connectivity index (χ0v) is 13.2. The molecule has 1 aliphatic carbocycles. The summed E-state index contributed by atoms with van der Waals surface area (Å²) in [5.74, 6) is 2.28. The summed E-state index contributed by atoms with van der Waals surface area (Å²) in [6.07, 6.45) is 2.62. The number of β-amino-alcohol motifs (C(OH)–C–C–N with tert-alkyl or cyclic N) is 1. The van der Waals surface area contributed by atoms with E-state index >= 15 is 0 Å². The normalized spacial score (nSPS) is 25.2. The van der Waals surface area contributed by atoms with Crippen LogP contribution in [0, 0.1) is 5.82 Å². The monoisotopic (exact) mass is 316 g/mol. The van der Waals surface area contributed by atoms with Crippen molar-refractivity contribution in [1.82, 2.24) is 19.7 Å². The van der Waals surface area contributed by atoms with Crippen LogP contribution in [0.3, 0.4) is 0 Å². The van der Waals surface area contributed by atoms with E-state index in [-0.39, 0.29) is 18.0 Å². The number of aliphatic hydroxyl groups excluding tert-OH is 1. The Morgan fingerprint density at radius 3 is 2.87 bits per heavy atom. The SMILES string of the molecule is Cn1c(CN2C[C@@H](O)C[C@@H]2c2cccc(F)c2)nnc1C1CC1. The van der Waals surface area contributed by atoms with Crippen molar-refractivity contribution in [3.63, 3.8) is 0 Å². The van der Waals surface area contributed by atoms with Crippen LogP contribution in [0.5, 0.6) is 0 Å². The van der Waals surface area contributed by atoms with Crippen LogP contribution in [0.1, 0.15) is 48.4 Å². The molecule has 2 heterocycles. The molecular formula is C17H21FN4O. The first-order chi connectivity index (χ1) is 11.1. The topological polar surface area (TPSA) is 54.2 Å². The summed E-state index contributed by atoms with van der Waals surface area (Å²) in [4.78, 5) is 2.17. The van der Waals surface area contributed by atoms with Crippen LogP contribution >= 0.6 is 0 Å². The molecule has 2 aliphatic rings. The summed E-state index contributed by atoms with van der Waals surface area (Å²) in [6.45, 7) is 1.20. The smallest absolute Gasteiger partial charge is 0.146 e. The number of halogens is 1. The van der Waals surface area contributed by atoms with Gasteiger partial charge in [-0.2, -0.15) is 0 Å². The predicted molar refractivity (Wildman–Crippen MR) is 83.2 cm³/mol. The molecule has 1 aromatic carbocycles. The van der Waals surface area contributed by atoms with E-state index in [9.17, 15) is 9.50 Å². The Balaban J connectivity index is 1.56. The van der Waals surface area contributed by atoms with Crippen LogP contribution in [-0.2, 0) is 13.6 Å². The van der Waals surface area contributed by atoms with E-state index in [0.717, 1.165) is 17.2 Å². The molecule has 0 bridgehead atoms. The lowest BCUT2D eigenvalue weighted by atomic mass is 10.0. The molecule has 1 saturated heterocycles. The molecule has 122 valence electrons. The number of nitrogens with zero attached hydrogens (tertiary/aromatic N) is 4. The number of rotatable bonds is 4. The average molecular weight is 316 g/mol. The highest BCUT2D eigenvalue weighted by atomic mass is 19.1. The molecule has 4 rings (SSSR count). The highest BCUT2D eigenvalue weighted by Crippen LogP contribution is 2.39. The van der Waals surface area contributed by atoms with Gasteiger partial charge in [0.1, 0.15) is 17.5 Å². The van der Waals surface area contributed by atoms with Gasteiger partial charge in [-0.05, 0) is 37.0 Å². The molecule has 0 spiro atoms. The molecule has 2 atom stereocenters. The number of hydrogen-bond donors (Lipinski definition) is 1. The largest absolute Gasteiger partial charge is 0.392 e. The molecule has 1 N–H and O–H groups in total. The minimum absolute atomic E-state index is 0.0155. The standard InChI is InChI=1S/C17H21FN4O/c1-21-16(19-20-17(21)11-5-6-11)10-22-9-14(23)8-15(22)12-3-2-4-13(18)7-12/h2-4,7,11,14-15,23H,5-6,8-10H2,1H3/t14-,15+/m0/s1. The first-order valence-electron chi connectivity index (χ1n) is 8.17. The second-order valence-corrected chi connectivity index (χ2v) is 6.70. The fraction of sp³-hybridized carbons (Fsp3) is 0.529. The lowest BCUT2D eigenvalue weighted by Gasteiger charge is -2.24. The van der Waals surface area contributed by atoms with Crippen molar-refractivity contribution in [1.29, 1.82) is 0 Å². The maximum atomic E-state index is 13.5. The van der Waals surface area contributed by atoms with Crippen molar-refractivity contribution in [3.8, 4) is 0 Å². The number of likely N-dealkylation sites (tertiary alicyclic amines) is 1. The van der Waals surface area contributed by atoms with E-state index in [1.54, 1.807) is 12.1 Å². The van der Waals surface area contributed by atoms with Gasteiger partial charge in [0.15, 0.2) is 0 Å². The molecular weight excluding hydrogens is 295 g/mol. The molecule has 2 fully saturated rings. The van der Waals surface area contributed by atoms with Gasteiger partial charge in [-0.3, -0.25) is 4.90 Å². The van der Waals surface area contributed by atoms with Crippen LogP contribution < -0.4 is 0 Å². The van der Waals surface area contributed by atoms with E-state index in [4.69, 9.17) is 0 Å². The summed E-state index contributed by atoms with van der Waals surface area (Å²) in [6, 6.07) is 6.67. The molecule has 1 aliphatic heterocycles. The van der Waals surface area contributed by atoms with Gasteiger partial charge in [-0.1, -0.05) is 12.1 Å². The minimum Gasteiger partial charge on any atom is -0.392 e. The van der Waals surface area contributed by atoms with Crippen molar-refractivity contribution in [2.24, 2.45) is 7.05 Å². The minimum atomic E-state index is -0.389. The van der Waals surface area contributed by atoms with E-state index in [1.165, 1.54) is 18.9 Å². The van der Waals surface area contributed by atoms with Crippen molar-refractivity contribution >= 4 is 0 Å². The van der Waals surface area contributed by atoms with Gasteiger partial charge in [-0.15, -0.1) is 10.2 Å². The quantitative estimate of drug-likeness (QED) is 0.939. The summed E-state index contributed by atoms with van der Waals surface area (Å²) in [5.41, 5.74) is 0.908. The van der Waals surface area contributed by atoms with Crippen molar-refractivity contribution in [3.05, 3.63) is 47.3 Å². The maximum absolute atomic E-state index is 13.5. The lowest BCUT2D eigenvalue weighted by Crippen LogP contribution is -2.26. The summed E-state index contributed by atoms with van der Waals surface area (Å²) < 4.78 is 15.6. The molecule has 0 amide bonds. The lowest BCUT2D eigenvalue weighted by molar-refractivity contribution is 0.170. The van der Waals surface area contributed by atoms with E-state index in [0.29, 0.717) is 25.4 Å². The molecule has 23 heavy (non-hydrogen) atoms. The summed E-state index contributed by atoms with van der Waals surface area (Å²) in [7, 11) is 2.01. The Morgan fingerprint density at radius 1 is 1.30 bits per heavy atom. The van der Waals surface area contributed by atoms with Crippen molar-refractivity contribution in [2.75, 3.05) is 6.54 Å². The van der Waals surface area contributed by atoms with Gasteiger partial charge in [0, 0.05) is 25.6 Å². The van der Waals surface area contributed by atoms with Crippen LogP contribution in [0.15, 0.2) is 24.3 Å². The fourth-order valence-corrected chi connectivity index (χ4v) is 3.51. The molecule has 5 nitrogen and oxygen atoms in total. The van der Waals surface area contributed by atoms with E-state index in [1.807, 2.05) is 13.1 Å². The van der Waals surface area contributed by atoms with Crippen molar-refractivity contribution in [2.45, 2.75) is 43.9 Å². The van der Waals surface area contributed by atoms with Crippen LogP contribution in [0.25, 0.3) is 0 Å². The van der Waals surface area contributed by atoms with Crippen LogP contribution in [0.2, 0.25) is 0 Å². The summed E-state index contributed by atoms with van der Waals surface area (Å²) >= 11 is 0. The fourth-order valence-electron chi connectivity index (χ4n) is 3.51. The highest BCUT2D eigenvalue weighted by molar-refractivity contribution is 5.22. The second kappa shape index (κ2) is 5.69. The highest BCUT2D eigenvalue weighted by Gasteiger charge is 2.34. The Labute approximate surface area is 134 Å². The number of aliphatic hydroxyl groups is 1. The van der Waals surface area contributed by atoms with Crippen LogP contribution in [0.4, 0.5) is 4.39 Å². The maximum Gasteiger partial charge on any atom is 0.146 e. The molecule has 1 aromatic heterocycles. The van der Waals surface area contributed by atoms with Gasteiger partial charge in [0.05, 0.1) is 12.6 Å². The Bertz CT molecular complexity index is 712. The van der Waals surface area contributed by atoms with Crippen molar-refractivity contribution < 1.29 is 9.50 Å². The predicted octanol–water partition coefficient (Wildman–Crippen LogP) is 2.14. The van der Waals surface area contributed by atoms with Gasteiger partial charge < -0.3 is 9.67 Å². The Morgan fingerprint density at radius 2 is 2.13 bits per heavy atom. The van der Waals surface area contributed by atoms with Gasteiger partial charge in [0.25, 0.3) is 0 Å². The average Bonchev–Trinajstić information content (AvgIpc) is 3.21. The zero-order chi connectivity index (χ0) is 16.0. The molecule has 0 unspecified atom stereocenters. The van der Waals surface area contributed by atoms with E-state index in [2.05, 4.69) is 19.7 Å². The third-order valence-corrected chi connectivity index (χ3v) is 4.90. The van der Waals surface area contributed by atoms with Gasteiger partial charge in [0.2, 0.25) is 0 Å². The van der Waals surface area contributed by atoms with Crippen LogP contribution in [-0.4, -0.2) is 37.4 Å². The van der Waals surface area contributed by atoms with Gasteiger partial charge >= 0.3 is 0 Å². The summed E-state index contributed by atoms with van der Waals surface area (Å²) in [5, 5.41) is 18.7. The third kappa shape index (κ3) is 2.88. The first kappa shape index (κ1) is 14.8. The second-order valence-electron chi connectivity index (χ2n) is 6.70. The van der Waals surface area contributed by atoms with E-state index < -0.39 is 0 Å². The molecule has 2 aromatic rings. The molecule has 1 saturated carbocycles. The number of benzene rings is 1. The number of hydrogen-bond acceptors (Lipinski definition) is 4. The van der Waals surface area contributed by atoms with Gasteiger partial charge in [-0.25, -0.2) is 4.39 Å². The zero-order valence-electron chi connectivity index (χ0n) is 13.2. The Hall–Kier alpha value is -1.79. The first-order valence-corrected chi connectivity index (χ1v) is 8.17. The number of aromatic nitrogens is 3. The Kier molecular flexibility index (Phi) is 3.66. The molecule has 6 heteroatoms. The third-order valence-electron chi connectivity index (χ3n) is 4.90. The molecule has 0 radical (unpaired) electrons.